The number of carbonyl (C=O) groups is 2. The highest BCUT2D eigenvalue weighted by Crippen LogP contribution is 2.27. The van der Waals surface area contributed by atoms with Crippen LogP contribution in [0.2, 0.25) is 0 Å². The molecular weight excluding hydrogens is 296 g/mol. The molecule has 1 atom stereocenters. The first-order valence-electron chi connectivity index (χ1n) is 7.80. The largest absolute Gasteiger partial charge is 0.507 e. The van der Waals surface area contributed by atoms with E-state index in [9.17, 15) is 14.7 Å². The second-order valence-corrected chi connectivity index (χ2v) is 5.90. The highest BCUT2D eigenvalue weighted by molar-refractivity contribution is 6.20. The highest BCUT2D eigenvalue weighted by atomic mass is 16.3. The lowest BCUT2D eigenvalue weighted by atomic mass is 9.95. The SMILES string of the molecule is NC(=O)N1N=C(c2ccccc2O)[C@@H](CN2CCCCC2)C1=O. The normalized spacial score (nSPS) is 22.3. The van der Waals surface area contributed by atoms with Gasteiger partial charge in [-0.3, -0.25) is 4.79 Å². The summed E-state index contributed by atoms with van der Waals surface area (Å²) in [6.07, 6.45) is 3.40. The zero-order chi connectivity index (χ0) is 16.4. The van der Waals surface area contributed by atoms with E-state index in [-0.39, 0.29) is 5.75 Å². The van der Waals surface area contributed by atoms with Crippen LogP contribution in [0, 0.1) is 5.92 Å². The number of nitrogens with two attached hydrogens (primary N) is 1. The number of amides is 3. The van der Waals surface area contributed by atoms with E-state index in [4.69, 9.17) is 5.73 Å². The molecule has 0 radical (unpaired) electrons. The number of hydrazone groups is 1. The minimum Gasteiger partial charge on any atom is -0.507 e. The Labute approximate surface area is 134 Å². The number of hydrogen-bond acceptors (Lipinski definition) is 5. The Morgan fingerprint density at radius 2 is 1.96 bits per heavy atom. The van der Waals surface area contributed by atoms with E-state index in [0.717, 1.165) is 25.9 Å². The molecule has 3 N–H and O–H groups in total. The summed E-state index contributed by atoms with van der Waals surface area (Å²) in [6, 6.07) is 5.78. The molecule has 1 fully saturated rings. The number of nitrogens with zero attached hydrogens (tertiary/aromatic N) is 3. The summed E-state index contributed by atoms with van der Waals surface area (Å²) in [7, 11) is 0. The molecule has 0 spiro atoms. The van der Waals surface area contributed by atoms with Gasteiger partial charge in [-0.25, -0.2) is 4.79 Å². The van der Waals surface area contributed by atoms with Gasteiger partial charge in [-0.1, -0.05) is 18.6 Å². The number of benzene rings is 1. The molecule has 1 saturated heterocycles. The number of likely N-dealkylation sites (tertiary alicyclic amines) is 1. The predicted molar refractivity (Wildman–Crippen MR) is 84.9 cm³/mol. The summed E-state index contributed by atoms with van der Waals surface area (Å²) in [5.41, 5.74) is 6.11. The van der Waals surface area contributed by atoms with Crippen molar-refractivity contribution >= 4 is 17.6 Å². The lowest BCUT2D eigenvalue weighted by Crippen LogP contribution is -2.42. The summed E-state index contributed by atoms with van der Waals surface area (Å²) >= 11 is 0. The van der Waals surface area contributed by atoms with Gasteiger partial charge in [0.25, 0.3) is 5.91 Å². The smallest absolute Gasteiger partial charge is 0.342 e. The summed E-state index contributed by atoms with van der Waals surface area (Å²) in [4.78, 5) is 26.2. The minimum absolute atomic E-state index is 0.0361. The van der Waals surface area contributed by atoms with Crippen LogP contribution in [0.3, 0.4) is 0 Å². The van der Waals surface area contributed by atoms with Crippen LogP contribution < -0.4 is 5.73 Å². The monoisotopic (exact) mass is 316 g/mol. The molecule has 0 aliphatic carbocycles. The first-order valence-corrected chi connectivity index (χ1v) is 7.80. The van der Waals surface area contributed by atoms with Gasteiger partial charge in [-0.05, 0) is 38.1 Å². The highest BCUT2D eigenvalue weighted by Gasteiger charge is 2.40. The molecule has 3 rings (SSSR count). The average molecular weight is 316 g/mol. The lowest BCUT2D eigenvalue weighted by Gasteiger charge is -2.28. The van der Waals surface area contributed by atoms with Crippen LogP contribution in [0.5, 0.6) is 5.75 Å². The first-order chi connectivity index (χ1) is 11.1. The van der Waals surface area contributed by atoms with Gasteiger partial charge in [-0.15, -0.1) is 5.01 Å². The molecule has 0 unspecified atom stereocenters. The second kappa shape index (κ2) is 6.37. The van der Waals surface area contributed by atoms with Gasteiger partial charge in [-0.2, -0.15) is 5.10 Å². The molecule has 2 heterocycles. The number of primary amides is 1. The fourth-order valence-electron chi connectivity index (χ4n) is 3.15. The minimum atomic E-state index is -0.899. The van der Waals surface area contributed by atoms with Crippen LogP contribution in [0.25, 0.3) is 0 Å². The zero-order valence-corrected chi connectivity index (χ0v) is 12.8. The second-order valence-electron chi connectivity index (χ2n) is 5.90. The quantitative estimate of drug-likeness (QED) is 0.873. The van der Waals surface area contributed by atoms with Crippen molar-refractivity contribution in [3.05, 3.63) is 29.8 Å². The Morgan fingerprint density at radius 3 is 2.61 bits per heavy atom. The van der Waals surface area contributed by atoms with Gasteiger partial charge in [0.15, 0.2) is 0 Å². The third-order valence-electron chi connectivity index (χ3n) is 4.32. The van der Waals surface area contributed by atoms with Crippen molar-refractivity contribution in [3.8, 4) is 5.75 Å². The van der Waals surface area contributed by atoms with Gasteiger partial charge in [0.1, 0.15) is 5.75 Å². The van der Waals surface area contributed by atoms with Crippen LogP contribution in [-0.2, 0) is 4.79 Å². The van der Waals surface area contributed by atoms with Crippen molar-refractivity contribution in [2.24, 2.45) is 16.8 Å². The van der Waals surface area contributed by atoms with Crippen molar-refractivity contribution in [2.45, 2.75) is 19.3 Å². The number of para-hydroxylation sites is 1. The Bertz CT molecular complexity index is 652. The number of imide groups is 1. The Kier molecular flexibility index (Phi) is 4.29. The van der Waals surface area contributed by atoms with Crippen LogP contribution in [-0.4, -0.2) is 52.3 Å². The van der Waals surface area contributed by atoms with E-state index in [0.29, 0.717) is 22.8 Å². The number of rotatable bonds is 3. The molecule has 0 bridgehead atoms. The molecule has 1 aromatic rings. The van der Waals surface area contributed by atoms with Crippen molar-refractivity contribution in [3.63, 3.8) is 0 Å². The van der Waals surface area contributed by atoms with Crippen molar-refractivity contribution in [1.82, 2.24) is 9.91 Å². The third kappa shape index (κ3) is 3.05. The predicted octanol–water partition coefficient (Wildman–Crippen LogP) is 1.12. The summed E-state index contributed by atoms with van der Waals surface area (Å²) < 4.78 is 0. The first kappa shape index (κ1) is 15.5. The van der Waals surface area contributed by atoms with Crippen LogP contribution in [0.15, 0.2) is 29.4 Å². The number of hydrogen-bond donors (Lipinski definition) is 2. The lowest BCUT2D eigenvalue weighted by molar-refractivity contribution is -0.129. The molecule has 7 nitrogen and oxygen atoms in total. The van der Waals surface area contributed by atoms with Crippen molar-refractivity contribution in [2.75, 3.05) is 19.6 Å². The Morgan fingerprint density at radius 1 is 1.26 bits per heavy atom. The van der Waals surface area contributed by atoms with Gasteiger partial charge in [0, 0.05) is 12.1 Å². The fraction of sp³-hybridized carbons (Fsp3) is 0.438. The topological polar surface area (TPSA) is 99.2 Å². The van der Waals surface area contributed by atoms with Crippen LogP contribution in [0.1, 0.15) is 24.8 Å². The molecule has 0 aromatic heterocycles. The molecule has 7 heteroatoms. The maximum atomic E-state index is 12.5. The number of phenols is 1. The van der Waals surface area contributed by atoms with Gasteiger partial charge < -0.3 is 15.7 Å². The maximum absolute atomic E-state index is 12.5. The van der Waals surface area contributed by atoms with E-state index >= 15 is 0 Å². The van der Waals surface area contributed by atoms with E-state index in [1.807, 2.05) is 0 Å². The summed E-state index contributed by atoms with van der Waals surface area (Å²) in [5.74, 6) is -0.982. The molecule has 2 aliphatic rings. The van der Waals surface area contributed by atoms with E-state index in [1.54, 1.807) is 18.2 Å². The van der Waals surface area contributed by atoms with Gasteiger partial charge in [0.2, 0.25) is 0 Å². The van der Waals surface area contributed by atoms with E-state index in [2.05, 4.69) is 10.0 Å². The number of aromatic hydroxyl groups is 1. The van der Waals surface area contributed by atoms with Crippen LogP contribution >= 0.6 is 0 Å². The number of piperidine rings is 1. The molecule has 122 valence electrons. The average Bonchev–Trinajstić information content (AvgIpc) is 2.86. The fourth-order valence-corrected chi connectivity index (χ4v) is 3.15. The Hall–Kier alpha value is -2.41. The van der Waals surface area contributed by atoms with Crippen LogP contribution in [0.4, 0.5) is 4.79 Å². The van der Waals surface area contributed by atoms with E-state index < -0.39 is 17.9 Å². The zero-order valence-electron chi connectivity index (χ0n) is 12.8. The summed E-state index contributed by atoms with van der Waals surface area (Å²) in [5, 5.41) is 14.9. The van der Waals surface area contributed by atoms with Gasteiger partial charge >= 0.3 is 6.03 Å². The Balaban J connectivity index is 1.91. The van der Waals surface area contributed by atoms with E-state index in [1.165, 1.54) is 12.5 Å². The molecular formula is C16H20N4O3. The van der Waals surface area contributed by atoms with Crippen molar-refractivity contribution < 1.29 is 14.7 Å². The number of phenolic OH excluding ortho intramolecular Hbond substituents is 1. The number of carbonyl (C=O) groups excluding carboxylic acids is 2. The van der Waals surface area contributed by atoms with Crippen molar-refractivity contribution in [1.29, 1.82) is 0 Å². The third-order valence-corrected chi connectivity index (χ3v) is 4.32. The maximum Gasteiger partial charge on any atom is 0.342 e. The molecule has 3 amide bonds. The van der Waals surface area contributed by atoms with Gasteiger partial charge in [0.05, 0.1) is 11.6 Å². The molecule has 0 saturated carbocycles. The molecule has 1 aromatic carbocycles. The summed E-state index contributed by atoms with van der Waals surface area (Å²) in [6.45, 7) is 2.33. The molecule has 23 heavy (non-hydrogen) atoms. The standard InChI is InChI=1S/C16H20N4O3/c17-16(23)20-15(22)12(10-19-8-4-1-5-9-19)14(18-20)11-6-2-3-7-13(11)21/h2-3,6-7,12,21H,1,4-5,8-10H2,(H2,17,23)/t12-/m1/s1. The number of urea groups is 1. The molecule has 2 aliphatic heterocycles.